The predicted octanol–water partition coefficient (Wildman–Crippen LogP) is 1.84. The van der Waals surface area contributed by atoms with Crippen molar-refractivity contribution in [1.82, 2.24) is 20.0 Å². The molecule has 2 aromatic rings. The Hall–Kier alpha value is -4.02. The highest BCUT2D eigenvalue weighted by molar-refractivity contribution is 6.04. The van der Waals surface area contributed by atoms with Crippen LogP contribution in [0.1, 0.15) is 41.6 Å². The monoisotopic (exact) mass is 469 g/mol. The molecule has 3 N–H and O–H groups in total. The summed E-state index contributed by atoms with van der Waals surface area (Å²) >= 11 is 0. The molecule has 0 saturated heterocycles. The number of ether oxygens (including phenoxy) is 1. The Morgan fingerprint density at radius 1 is 1.18 bits per heavy atom. The van der Waals surface area contributed by atoms with Crippen molar-refractivity contribution >= 4 is 23.8 Å². The molecule has 34 heavy (non-hydrogen) atoms. The molecule has 1 fully saturated rings. The van der Waals surface area contributed by atoms with Crippen LogP contribution in [0.3, 0.4) is 0 Å². The summed E-state index contributed by atoms with van der Waals surface area (Å²) in [7, 11) is 4.29. The summed E-state index contributed by atoms with van der Waals surface area (Å²) in [5.41, 5.74) is 0.892. The van der Waals surface area contributed by atoms with E-state index in [1.165, 1.54) is 25.1 Å². The van der Waals surface area contributed by atoms with Crippen molar-refractivity contribution in [2.45, 2.75) is 31.7 Å². The number of rotatable bonds is 5. The minimum atomic E-state index is -0.817. The van der Waals surface area contributed by atoms with Gasteiger partial charge in [-0.3, -0.25) is 25.1 Å². The summed E-state index contributed by atoms with van der Waals surface area (Å²) in [4.78, 5) is 49.9. The summed E-state index contributed by atoms with van der Waals surface area (Å²) in [5.74, 6) is -1.79. The van der Waals surface area contributed by atoms with Gasteiger partial charge < -0.3 is 14.7 Å². The smallest absolute Gasteiger partial charge is 0.412 e. The molecule has 11 heteroatoms. The molecule has 2 amide bonds. The number of carbonyl (C=O) groups excluding carboxylic acids is 2. The zero-order valence-corrected chi connectivity index (χ0v) is 19.2. The molecule has 180 valence electrons. The average Bonchev–Trinajstić information content (AvgIpc) is 2.84. The van der Waals surface area contributed by atoms with Crippen molar-refractivity contribution < 1.29 is 24.2 Å². The van der Waals surface area contributed by atoms with E-state index in [0.29, 0.717) is 42.5 Å². The number of aromatic nitrogens is 2. The Balaban J connectivity index is 1.82. The Bertz CT molecular complexity index is 1170. The van der Waals surface area contributed by atoms with Gasteiger partial charge in [0.15, 0.2) is 0 Å². The molecule has 1 aliphatic rings. The van der Waals surface area contributed by atoms with E-state index in [4.69, 9.17) is 5.41 Å². The molecular formula is C23H27N5O6. The van der Waals surface area contributed by atoms with E-state index in [1.54, 1.807) is 31.3 Å². The van der Waals surface area contributed by atoms with E-state index in [1.807, 2.05) is 0 Å². The summed E-state index contributed by atoms with van der Waals surface area (Å²) < 4.78 is 5.58. The highest BCUT2D eigenvalue weighted by Gasteiger charge is 2.31. The molecule has 11 nitrogen and oxygen atoms in total. The van der Waals surface area contributed by atoms with Crippen LogP contribution in [0.5, 0.6) is 0 Å². The van der Waals surface area contributed by atoms with Crippen molar-refractivity contribution in [3.8, 4) is 11.3 Å². The van der Waals surface area contributed by atoms with Crippen LogP contribution in [-0.2, 0) is 16.6 Å². The molecule has 1 saturated carbocycles. The average molecular weight is 469 g/mol. The van der Waals surface area contributed by atoms with Gasteiger partial charge in [0.25, 0.3) is 11.5 Å². The molecule has 0 spiro atoms. The standard InChI is InChI=1S/C23H27N5O6/c1-27(16-10-8-15(9-11-16)22(31)32)20(29)17-12-18(26-28(2)21(17)30)13-4-6-14(7-5-13)19(24)25-23(33)34-3/h4-7,12,15-16H,8-11H2,1-3H3,(H,31,32)(H2,24,25,33). The number of carboxylic acids is 1. The molecule has 0 aliphatic heterocycles. The van der Waals surface area contributed by atoms with Gasteiger partial charge in [0.05, 0.1) is 18.7 Å². The second-order valence-corrected chi connectivity index (χ2v) is 8.20. The van der Waals surface area contributed by atoms with Gasteiger partial charge >= 0.3 is 12.1 Å². The molecular weight excluding hydrogens is 442 g/mol. The first-order chi connectivity index (χ1) is 16.1. The Kier molecular flexibility index (Phi) is 7.44. The van der Waals surface area contributed by atoms with Crippen LogP contribution in [0.25, 0.3) is 11.3 Å². The van der Waals surface area contributed by atoms with Crippen molar-refractivity contribution in [2.24, 2.45) is 13.0 Å². The van der Waals surface area contributed by atoms with Crippen LogP contribution in [-0.4, -0.2) is 63.8 Å². The van der Waals surface area contributed by atoms with Crippen LogP contribution in [0.2, 0.25) is 0 Å². The van der Waals surface area contributed by atoms with E-state index >= 15 is 0 Å². The van der Waals surface area contributed by atoms with E-state index in [0.717, 1.165) is 4.68 Å². The lowest BCUT2D eigenvalue weighted by atomic mass is 9.85. The fourth-order valence-corrected chi connectivity index (χ4v) is 4.00. The maximum absolute atomic E-state index is 13.2. The van der Waals surface area contributed by atoms with Crippen LogP contribution < -0.4 is 10.9 Å². The SMILES string of the molecule is COC(=O)NC(=N)c1ccc(-c2cc(C(=O)N(C)C3CCC(C(=O)O)CC3)c(=O)n(C)n2)cc1. The van der Waals surface area contributed by atoms with Crippen molar-refractivity contribution in [2.75, 3.05) is 14.2 Å². The number of nitrogens with one attached hydrogen (secondary N) is 2. The first kappa shape index (κ1) is 24.6. The normalized spacial score (nSPS) is 17.5. The van der Waals surface area contributed by atoms with Gasteiger partial charge in [-0.05, 0) is 31.7 Å². The van der Waals surface area contributed by atoms with Gasteiger partial charge in [-0.15, -0.1) is 0 Å². The molecule has 1 aliphatic carbocycles. The number of nitrogens with zero attached hydrogens (tertiary/aromatic N) is 3. The number of hydrogen-bond acceptors (Lipinski definition) is 7. The Morgan fingerprint density at radius 2 is 1.79 bits per heavy atom. The maximum Gasteiger partial charge on any atom is 0.412 e. The predicted molar refractivity (Wildman–Crippen MR) is 123 cm³/mol. The molecule has 1 aromatic heterocycles. The lowest BCUT2D eigenvalue weighted by Crippen LogP contribution is -2.43. The molecule has 0 unspecified atom stereocenters. The second-order valence-electron chi connectivity index (χ2n) is 8.20. The third kappa shape index (κ3) is 5.30. The quantitative estimate of drug-likeness (QED) is 0.446. The minimum Gasteiger partial charge on any atom is -0.481 e. The van der Waals surface area contributed by atoms with Gasteiger partial charge in [-0.2, -0.15) is 5.10 Å². The highest BCUT2D eigenvalue weighted by Crippen LogP contribution is 2.28. The Labute approximate surface area is 195 Å². The lowest BCUT2D eigenvalue weighted by molar-refractivity contribution is -0.143. The number of amides is 2. The van der Waals surface area contributed by atoms with Crippen LogP contribution in [0, 0.1) is 11.3 Å². The van der Waals surface area contributed by atoms with Crippen molar-refractivity contribution in [3.05, 3.63) is 51.8 Å². The number of aryl methyl sites for hydroxylation is 1. The molecule has 3 rings (SSSR count). The van der Waals surface area contributed by atoms with Gasteiger partial charge in [0, 0.05) is 31.3 Å². The van der Waals surface area contributed by atoms with Crippen LogP contribution in [0.15, 0.2) is 35.1 Å². The van der Waals surface area contributed by atoms with Crippen molar-refractivity contribution in [3.63, 3.8) is 0 Å². The highest BCUT2D eigenvalue weighted by atomic mass is 16.5. The molecule has 0 bridgehead atoms. The number of benzene rings is 1. The summed E-state index contributed by atoms with van der Waals surface area (Å²) in [6.07, 6.45) is 1.35. The topological polar surface area (TPSA) is 155 Å². The Morgan fingerprint density at radius 3 is 2.35 bits per heavy atom. The number of carbonyl (C=O) groups is 3. The van der Waals surface area contributed by atoms with Crippen LogP contribution in [0.4, 0.5) is 4.79 Å². The lowest BCUT2D eigenvalue weighted by Gasteiger charge is -2.33. The number of aliphatic carboxylic acids is 1. The number of hydrogen-bond donors (Lipinski definition) is 3. The van der Waals surface area contributed by atoms with E-state index in [2.05, 4.69) is 15.2 Å². The number of carboxylic acid groups (broad SMARTS) is 1. The number of methoxy groups -OCH3 is 1. The summed E-state index contributed by atoms with van der Waals surface area (Å²) in [6, 6.07) is 7.85. The first-order valence-electron chi connectivity index (χ1n) is 10.7. The largest absolute Gasteiger partial charge is 0.481 e. The minimum absolute atomic E-state index is 0.0282. The van der Waals surface area contributed by atoms with E-state index in [-0.39, 0.29) is 17.4 Å². The molecule has 1 heterocycles. The van der Waals surface area contributed by atoms with Gasteiger partial charge in [0.1, 0.15) is 11.4 Å². The van der Waals surface area contributed by atoms with E-state index in [9.17, 15) is 24.3 Å². The fourth-order valence-electron chi connectivity index (χ4n) is 4.00. The zero-order chi connectivity index (χ0) is 25.0. The second kappa shape index (κ2) is 10.3. The van der Waals surface area contributed by atoms with Crippen molar-refractivity contribution in [1.29, 1.82) is 5.41 Å². The molecule has 0 atom stereocenters. The first-order valence-corrected chi connectivity index (χ1v) is 10.7. The van der Waals surface area contributed by atoms with Gasteiger partial charge in [-0.1, -0.05) is 24.3 Å². The molecule has 1 aromatic carbocycles. The number of amidine groups is 1. The maximum atomic E-state index is 13.2. The number of alkyl carbamates (subject to hydrolysis) is 1. The van der Waals surface area contributed by atoms with Gasteiger partial charge in [-0.25, -0.2) is 9.48 Å². The molecule has 0 radical (unpaired) electrons. The van der Waals surface area contributed by atoms with Crippen LogP contribution >= 0.6 is 0 Å². The zero-order valence-electron chi connectivity index (χ0n) is 19.2. The fraction of sp³-hybridized carbons (Fsp3) is 0.391. The van der Waals surface area contributed by atoms with E-state index < -0.39 is 29.4 Å². The third-order valence-electron chi connectivity index (χ3n) is 6.09. The summed E-state index contributed by atoms with van der Waals surface area (Å²) in [6.45, 7) is 0. The summed E-state index contributed by atoms with van der Waals surface area (Å²) in [5, 5.41) is 23.6. The van der Waals surface area contributed by atoms with Gasteiger partial charge in [0.2, 0.25) is 0 Å². The third-order valence-corrected chi connectivity index (χ3v) is 6.09.